The maximum absolute atomic E-state index is 13.2. The molecule has 192 valence electrons. The highest BCUT2D eigenvalue weighted by atomic mass is 32.1. The van der Waals surface area contributed by atoms with Crippen LogP contribution in [0.25, 0.3) is 10.2 Å². The number of benzene rings is 1. The molecule has 1 N–H and O–H groups in total. The Balaban J connectivity index is 1.40. The van der Waals surface area contributed by atoms with E-state index in [0.29, 0.717) is 27.2 Å². The summed E-state index contributed by atoms with van der Waals surface area (Å²) < 4.78 is 1.37. The van der Waals surface area contributed by atoms with Gasteiger partial charge in [-0.05, 0) is 64.2 Å². The molecule has 1 aliphatic rings. The topological polar surface area (TPSA) is 87.5 Å². The van der Waals surface area contributed by atoms with Gasteiger partial charge in [-0.3, -0.25) is 19.0 Å². The largest absolute Gasteiger partial charge is 0.372 e. The molecule has 2 aromatic heterocycles. The van der Waals surface area contributed by atoms with E-state index >= 15 is 0 Å². The lowest BCUT2D eigenvalue weighted by atomic mass is 10.0. The second-order valence-corrected chi connectivity index (χ2v) is 10.4. The third-order valence-corrected chi connectivity index (χ3v) is 8.14. The molecule has 0 aliphatic carbocycles. The SMILES string of the molecule is CCN(CCCNC(=O)c1sc2ncn(CC(=O)N3CCCCC3C)c(=O)c2c1C)c1ccccc1. The maximum atomic E-state index is 13.2. The Labute approximate surface area is 215 Å². The molecule has 0 spiro atoms. The fraction of sp³-hybridized carbons (Fsp3) is 0.481. The van der Waals surface area contributed by atoms with Crippen LogP contribution in [-0.2, 0) is 11.3 Å². The highest BCUT2D eigenvalue weighted by molar-refractivity contribution is 7.20. The summed E-state index contributed by atoms with van der Waals surface area (Å²) in [5.41, 5.74) is 1.52. The molecular weight excluding hydrogens is 474 g/mol. The number of fused-ring (bicyclic) bond motifs is 1. The highest BCUT2D eigenvalue weighted by Gasteiger charge is 2.25. The Morgan fingerprint density at radius 1 is 1.22 bits per heavy atom. The molecule has 1 aromatic carbocycles. The van der Waals surface area contributed by atoms with Crippen LogP contribution in [0.5, 0.6) is 0 Å². The van der Waals surface area contributed by atoms with Crippen LogP contribution in [0.1, 0.15) is 54.8 Å². The quantitative estimate of drug-likeness (QED) is 0.443. The number of likely N-dealkylation sites (tertiary alicyclic amines) is 1. The van der Waals surface area contributed by atoms with E-state index in [2.05, 4.69) is 41.2 Å². The summed E-state index contributed by atoms with van der Waals surface area (Å²) in [6.45, 7) is 8.92. The van der Waals surface area contributed by atoms with Gasteiger partial charge in [0, 0.05) is 37.9 Å². The number of anilines is 1. The molecule has 36 heavy (non-hydrogen) atoms. The van der Waals surface area contributed by atoms with Gasteiger partial charge in [-0.15, -0.1) is 11.3 Å². The average Bonchev–Trinajstić information content (AvgIpc) is 3.23. The normalized spacial score (nSPS) is 15.8. The van der Waals surface area contributed by atoms with Crippen molar-refractivity contribution in [3.8, 4) is 0 Å². The van der Waals surface area contributed by atoms with E-state index < -0.39 is 0 Å². The summed E-state index contributed by atoms with van der Waals surface area (Å²) in [5, 5.41) is 3.42. The molecule has 1 atom stereocenters. The molecule has 0 bridgehead atoms. The highest BCUT2D eigenvalue weighted by Crippen LogP contribution is 2.27. The van der Waals surface area contributed by atoms with Gasteiger partial charge in [0.15, 0.2) is 0 Å². The van der Waals surface area contributed by atoms with Crippen molar-refractivity contribution in [3.63, 3.8) is 0 Å². The Hall–Kier alpha value is -3.20. The first-order chi connectivity index (χ1) is 17.4. The number of carbonyl (C=O) groups is 2. The van der Waals surface area contributed by atoms with Crippen LogP contribution in [0.3, 0.4) is 0 Å². The van der Waals surface area contributed by atoms with Crippen molar-refractivity contribution in [2.24, 2.45) is 0 Å². The number of carbonyl (C=O) groups excluding carboxylic acids is 2. The molecule has 0 radical (unpaired) electrons. The first-order valence-electron chi connectivity index (χ1n) is 12.8. The van der Waals surface area contributed by atoms with E-state index in [1.54, 1.807) is 6.92 Å². The number of nitrogens with zero attached hydrogens (tertiary/aromatic N) is 4. The second kappa shape index (κ2) is 11.7. The molecule has 3 aromatic rings. The number of hydrogen-bond acceptors (Lipinski definition) is 6. The van der Waals surface area contributed by atoms with Crippen molar-refractivity contribution < 1.29 is 9.59 Å². The van der Waals surface area contributed by atoms with Gasteiger partial charge in [0.2, 0.25) is 5.91 Å². The third kappa shape index (κ3) is 5.61. The lowest BCUT2D eigenvalue weighted by molar-refractivity contribution is -0.135. The van der Waals surface area contributed by atoms with Crippen LogP contribution in [0.2, 0.25) is 0 Å². The maximum Gasteiger partial charge on any atom is 0.262 e. The minimum absolute atomic E-state index is 0.0295. The number of aromatic nitrogens is 2. The molecule has 9 heteroatoms. The molecule has 4 rings (SSSR count). The smallest absolute Gasteiger partial charge is 0.262 e. The van der Waals surface area contributed by atoms with Crippen molar-refractivity contribution in [2.75, 3.05) is 31.1 Å². The molecule has 0 saturated carbocycles. The van der Waals surface area contributed by atoms with E-state index in [4.69, 9.17) is 0 Å². The minimum Gasteiger partial charge on any atom is -0.372 e. The number of hydrogen-bond donors (Lipinski definition) is 1. The van der Waals surface area contributed by atoms with Crippen LogP contribution >= 0.6 is 11.3 Å². The average molecular weight is 510 g/mol. The first kappa shape index (κ1) is 25.9. The summed E-state index contributed by atoms with van der Waals surface area (Å²) in [7, 11) is 0. The monoisotopic (exact) mass is 509 g/mol. The van der Waals surface area contributed by atoms with Crippen LogP contribution in [-0.4, -0.2) is 58.5 Å². The van der Waals surface area contributed by atoms with Gasteiger partial charge in [-0.1, -0.05) is 18.2 Å². The fourth-order valence-corrected chi connectivity index (χ4v) is 5.91. The van der Waals surface area contributed by atoms with Gasteiger partial charge in [-0.2, -0.15) is 0 Å². The van der Waals surface area contributed by atoms with Crippen molar-refractivity contribution in [3.05, 3.63) is 57.5 Å². The zero-order valence-corrected chi connectivity index (χ0v) is 22.1. The standard InChI is InChI=1S/C27H35N5O3S/c1-4-30(21-12-6-5-7-13-21)15-10-14-28-25(34)24-20(3)23-26(36-24)29-18-31(27(23)35)17-22(33)32-16-9-8-11-19(32)2/h5-7,12-13,18-19H,4,8-11,14-17H2,1-3H3,(H,28,34). The predicted octanol–water partition coefficient (Wildman–Crippen LogP) is 3.81. The lowest BCUT2D eigenvalue weighted by Crippen LogP contribution is -2.44. The Morgan fingerprint density at radius 3 is 2.72 bits per heavy atom. The molecular formula is C27H35N5O3S. The minimum atomic E-state index is -0.271. The zero-order valence-electron chi connectivity index (χ0n) is 21.3. The Bertz CT molecular complexity index is 1270. The van der Waals surface area contributed by atoms with E-state index in [0.717, 1.165) is 45.3 Å². The predicted molar refractivity (Wildman–Crippen MR) is 145 cm³/mol. The van der Waals surface area contributed by atoms with Crippen molar-refractivity contribution in [1.29, 1.82) is 0 Å². The van der Waals surface area contributed by atoms with Crippen molar-refractivity contribution in [2.45, 2.75) is 59.0 Å². The molecule has 3 heterocycles. The molecule has 1 aliphatic heterocycles. The number of aryl methyl sites for hydroxylation is 1. The number of para-hydroxylation sites is 1. The van der Waals surface area contributed by atoms with E-state index in [1.807, 2.05) is 23.1 Å². The summed E-state index contributed by atoms with van der Waals surface area (Å²) in [4.78, 5) is 48.5. The number of nitrogens with one attached hydrogen (secondary N) is 1. The number of amides is 2. The molecule has 2 amide bonds. The molecule has 1 saturated heterocycles. The second-order valence-electron chi connectivity index (χ2n) is 9.37. The molecule has 1 fully saturated rings. The van der Waals surface area contributed by atoms with Crippen molar-refractivity contribution >= 4 is 39.1 Å². The van der Waals surface area contributed by atoms with Gasteiger partial charge < -0.3 is 15.1 Å². The van der Waals surface area contributed by atoms with Gasteiger partial charge in [0.1, 0.15) is 11.4 Å². The first-order valence-corrected chi connectivity index (χ1v) is 13.6. The van der Waals surface area contributed by atoms with E-state index in [9.17, 15) is 14.4 Å². The Morgan fingerprint density at radius 2 is 2.00 bits per heavy atom. The van der Waals surface area contributed by atoms with Crippen LogP contribution in [0, 0.1) is 6.92 Å². The van der Waals surface area contributed by atoms with E-state index in [-0.39, 0.29) is 30.0 Å². The van der Waals surface area contributed by atoms with E-state index in [1.165, 1.54) is 27.9 Å². The summed E-state index contributed by atoms with van der Waals surface area (Å²) in [5.74, 6) is -0.254. The van der Waals surface area contributed by atoms with Gasteiger partial charge in [0.25, 0.3) is 11.5 Å². The number of piperidine rings is 1. The Kier molecular flexibility index (Phi) is 8.40. The molecule has 8 nitrogen and oxygen atoms in total. The van der Waals surface area contributed by atoms with Crippen molar-refractivity contribution in [1.82, 2.24) is 19.8 Å². The zero-order chi connectivity index (χ0) is 25.7. The number of rotatable bonds is 9. The number of thiophene rings is 1. The summed E-state index contributed by atoms with van der Waals surface area (Å²) in [6.07, 6.45) is 5.34. The molecule has 1 unspecified atom stereocenters. The third-order valence-electron chi connectivity index (χ3n) is 6.95. The van der Waals surface area contributed by atoms with Gasteiger partial charge in [-0.25, -0.2) is 4.98 Å². The van der Waals surface area contributed by atoms with Crippen LogP contribution < -0.4 is 15.8 Å². The van der Waals surface area contributed by atoms with Gasteiger partial charge in [0.05, 0.1) is 16.6 Å². The fourth-order valence-electron chi connectivity index (χ4n) is 4.85. The van der Waals surface area contributed by atoms with Crippen LogP contribution in [0.15, 0.2) is 41.5 Å². The van der Waals surface area contributed by atoms with Crippen LogP contribution in [0.4, 0.5) is 5.69 Å². The summed E-state index contributed by atoms with van der Waals surface area (Å²) in [6, 6.07) is 10.4. The van der Waals surface area contributed by atoms with Gasteiger partial charge >= 0.3 is 0 Å². The summed E-state index contributed by atoms with van der Waals surface area (Å²) >= 11 is 1.23. The lowest BCUT2D eigenvalue weighted by Gasteiger charge is -2.33.